The molecule has 0 aliphatic rings. The fourth-order valence-corrected chi connectivity index (χ4v) is 1.88. The molecule has 1 aromatic rings. The summed E-state index contributed by atoms with van der Waals surface area (Å²) in [5.74, 6) is -3.86. The molecule has 0 bridgehead atoms. The molecule has 0 spiro atoms. The maximum atomic E-state index is 11.3. The molecule has 0 aliphatic heterocycles. The van der Waals surface area contributed by atoms with Gasteiger partial charge >= 0.3 is 17.9 Å². The SMILES string of the molecule is COc1cc(C=CC(CC(=O)O)(OC)C(=O)O)ccc1C(=O)O. The highest BCUT2D eigenvalue weighted by atomic mass is 16.5. The average molecular weight is 324 g/mol. The lowest BCUT2D eigenvalue weighted by Crippen LogP contribution is -2.40. The third kappa shape index (κ3) is 4.30. The summed E-state index contributed by atoms with van der Waals surface area (Å²) in [6.07, 6.45) is 1.66. The zero-order valence-corrected chi connectivity index (χ0v) is 12.5. The van der Waals surface area contributed by atoms with E-state index in [1.165, 1.54) is 31.4 Å². The van der Waals surface area contributed by atoms with Crippen LogP contribution in [0.15, 0.2) is 24.3 Å². The first-order chi connectivity index (χ1) is 10.8. The Labute approximate surface area is 131 Å². The molecule has 1 unspecified atom stereocenters. The van der Waals surface area contributed by atoms with Gasteiger partial charge in [-0.2, -0.15) is 0 Å². The molecule has 1 atom stereocenters. The highest BCUT2D eigenvalue weighted by molar-refractivity contribution is 5.91. The van der Waals surface area contributed by atoms with Gasteiger partial charge in [0.15, 0.2) is 5.60 Å². The summed E-state index contributed by atoms with van der Waals surface area (Å²) in [6, 6.07) is 4.13. The van der Waals surface area contributed by atoms with Crippen molar-refractivity contribution in [2.75, 3.05) is 14.2 Å². The first kappa shape index (κ1) is 18.2. The predicted molar refractivity (Wildman–Crippen MR) is 78.6 cm³/mol. The van der Waals surface area contributed by atoms with Crippen molar-refractivity contribution in [2.24, 2.45) is 0 Å². The molecular formula is C15H16O8. The summed E-state index contributed by atoms with van der Waals surface area (Å²) in [5.41, 5.74) is -1.64. The Kier molecular flexibility index (Phi) is 5.86. The van der Waals surface area contributed by atoms with Crippen molar-refractivity contribution in [3.63, 3.8) is 0 Å². The smallest absolute Gasteiger partial charge is 0.340 e. The number of carboxylic acid groups (broad SMARTS) is 3. The molecule has 0 saturated carbocycles. The monoisotopic (exact) mass is 324 g/mol. The number of hydrogen-bond acceptors (Lipinski definition) is 5. The molecule has 0 aromatic heterocycles. The fourth-order valence-electron chi connectivity index (χ4n) is 1.88. The summed E-state index contributed by atoms with van der Waals surface area (Å²) < 4.78 is 9.82. The van der Waals surface area contributed by atoms with Gasteiger partial charge in [0.05, 0.1) is 13.5 Å². The lowest BCUT2D eigenvalue weighted by Gasteiger charge is -2.22. The summed E-state index contributed by atoms with van der Waals surface area (Å²) >= 11 is 0. The van der Waals surface area contributed by atoms with Crippen LogP contribution in [0.4, 0.5) is 0 Å². The molecule has 3 N–H and O–H groups in total. The van der Waals surface area contributed by atoms with Crippen LogP contribution in [0.5, 0.6) is 5.75 Å². The lowest BCUT2D eigenvalue weighted by molar-refractivity contribution is -0.163. The average Bonchev–Trinajstić information content (AvgIpc) is 2.50. The Hall–Kier alpha value is -2.87. The number of hydrogen-bond donors (Lipinski definition) is 3. The summed E-state index contributed by atoms with van der Waals surface area (Å²) in [4.78, 5) is 33.2. The van der Waals surface area contributed by atoms with Gasteiger partial charge in [0.1, 0.15) is 11.3 Å². The van der Waals surface area contributed by atoms with Crippen LogP contribution in [0.25, 0.3) is 6.08 Å². The maximum Gasteiger partial charge on any atom is 0.340 e. The molecule has 0 saturated heterocycles. The zero-order valence-electron chi connectivity index (χ0n) is 12.5. The van der Waals surface area contributed by atoms with Crippen molar-refractivity contribution in [2.45, 2.75) is 12.0 Å². The molecule has 124 valence electrons. The fraction of sp³-hybridized carbons (Fsp3) is 0.267. The van der Waals surface area contributed by atoms with E-state index in [0.717, 1.165) is 13.2 Å². The van der Waals surface area contributed by atoms with Crippen LogP contribution in [0.3, 0.4) is 0 Å². The molecule has 8 nitrogen and oxygen atoms in total. The van der Waals surface area contributed by atoms with Crippen molar-refractivity contribution in [3.05, 3.63) is 35.4 Å². The van der Waals surface area contributed by atoms with Crippen LogP contribution in [0.2, 0.25) is 0 Å². The van der Waals surface area contributed by atoms with E-state index in [0.29, 0.717) is 5.56 Å². The quantitative estimate of drug-likeness (QED) is 0.653. The number of carboxylic acids is 3. The van der Waals surface area contributed by atoms with E-state index in [9.17, 15) is 19.5 Å². The number of methoxy groups -OCH3 is 2. The van der Waals surface area contributed by atoms with Crippen LogP contribution < -0.4 is 4.74 Å². The molecule has 0 radical (unpaired) electrons. The van der Waals surface area contributed by atoms with Crippen molar-refractivity contribution >= 4 is 24.0 Å². The number of benzene rings is 1. The maximum absolute atomic E-state index is 11.3. The van der Waals surface area contributed by atoms with Crippen molar-refractivity contribution in [1.82, 2.24) is 0 Å². The van der Waals surface area contributed by atoms with E-state index in [2.05, 4.69) is 0 Å². The second-order valence-electron chi connectivity index (χ2n) is 4.57. The second kappa shape index (κ2) is 7.41. The Bertz CT molecular complexity index is 649. The first-order valence-electron chi connectivity index (χ1n) is 6.36. The number of ether oxygens (including phenoxy) is 2. The van der Waals surface area contributed by atoms with E-state index < -0.39 is 29.9 Å². The third-order valence-corrected chi connectivity index (χ3v) is 3.14. The summed E-state index contributed by atoms with van der Waals surface area (Å²) in [6.45, 7) is 0. The second-order valence-corrected chi connectivity index (χ2v) is 4.57. The minimum Gasteiger partial charge on any atom is -0.496 e. The van der Waals surface area contributed by atoms with E-state index in [1.807, 2.05) is 0 Å². The lowest BCUT2D eigenvalue weighted by atomic mass is 9.97. The summed E-state index contributed by atoms with van der Waals surface area (Å²) in [7, 11) is 2.39. The Morgan fingerprint density at radius 3 is 2.26 bits per heavy atom. The Balaban J connectivity index is 3.21. The van der Waals surface area contributed by atoms with E-state index in [4.69, 9.17) is 19.7 Å². The van der Waals surface area contributed by atoms with Gasteiger partial charge in [-0.05, 0) is 23.8 Å². The molecular weight excluding hydrogens is 308 g/mol. The highest BCUT2D eigenvalue weighted by Gasteiger charge is 2.38. The van der Waals surface area contributed by atoms with Crippen LogP contribution in [0, 0.1) is 0 Å². The van der Waals surface area contributed by atoms with Gasteiger partial charge in [-0.25, -0.2) is 9.59 Å². The van der Waals surface area contributed by atoms with Crippen LogP contribution in [-0.2, 0) is 14.3 Å². The molecule has 1 rings (SSSR count). The van der Waals surface area contributed by atoms with Crippen LogP contribution >= 0.6 is 0 Å². The molecule has 0 fully saturated rings. The molecule has 23 heavy (non-hydrogen) atoms. The van der Waals surface area contributed by atoms with Crippen LogP contribution in [-0.4, -0.2) is 53.0 Å². The number of aliphatic carboxylic acids is 2. The van der Waals surface area contributed by atoms with Gasteiger partial charge < -0.3 is 24.8 Å². The molecule has 0 heterocycles. The van der Waals surface area contributed by atoms with Gasteiger partial charge in [0.25, 0.3) is 0 Å². The summed E-state index contributed by atoms with van der Waals surface area (Å²) in [5, 5.41) is 27.1. The topological polar surface area (TPSA) is 130 Å². The third-order valence-electron chi connectivity index (χ3n) is 3.14. The van der Waals surface area contributed by atoms with Gasteiger partial charge in [-0.1, -0.05) is 12.1 Å². The van der Waals surface area contributed by atoms with Crippen molar-refractivity contribution in [1.29, 1.82) is 0 Å². The minimum atomic E-state index is -2.02. The van der Waals surface area contributed by atoms with Crippen molar-refractivity contribution < 1.29 is 39.2 Å². The van der Waals surface area contributed by atoms with Gasteiger partial charge in [0.2, 0.25) is 0 Å². The van der Waals surface area contributed by atoms with E-state index >= 15 is 0 Å². The molecule has 0 amide bonds. The number of aromatic carboxylic acids is 1. The van der Waals surface area contributed by atoms with E-state index in [-0.39, 0.29) is 11.3 Å². The highest BCUT2D eigenvalue weighted by Crippen LogP contribution is 2.24. The standard InChI is InChI=1S/C15H16O8/c1-22-11-7-9(3-4-10(11)13(18)19)5-6-15(23-2,14(20)21)8-12(16)17/h3-7H,8H2,1-2H3,(H,16,17)(H,18,19)(H,20,21). The molecule has 1 aromatic carbocycles. The van der Waals surface area contributed by atoms with E-state index in [1.54, 1.807) is 0 Å². The predicted octanol–water partition coefficient (Wildman–Crippen LogP) is 1.35. The van der Waals surface area contributed by atoms with Crippen molar-refractivity contribution in [3.8, 4) is 5.75 Å². The Morgan fingerprint density at radius 2 is 1.83 bits per heavy atom. The normalized spacial score (nSPS) is 13.5. The minimum absolute atomic E-state index is 0.0496. The Morgan fingerprint density at radius 1 is 1.17 bits per heavy atom. The van der Waals surface area contributed by atoms with Gasteiger partial charge in [-0.15, -0.1) is 0 Å². The molecule has 0 aliphatic carbocycles. The van der Waals surface area contributed by atoms with Gasteiger partial charge in [-0.3, -0.25) is 4.79 Å². The first-order valence-corrected chi connectivity index (χ1v) is 6.36. The molecule has 8 heteroatoms. The number of carbonyl (C=O) groups is 3. The van der Waals surface area contributed by atoms with Crippen LogP contribution in [0.1, 0.15) is 22.3 Å². The number of rotatable bonds is 8. The van der Waals surface area contributed by atoms with Gasteiger partial charge in [0, 0.05) is 7.11 Å². The zero-order chi connectivity index (χ0) is 17.6. The largest absolute Gasteiger partial charge is 0.496 e.